The fourth-order valence-electron chi connectivity index (χ4n) is 9.13. The van der Waals surface area contributed by atoms with Crippen LogP contribution in [0.1, 0.15) is 93.8 Å². The summed E-state index contributed by atoms with van der Waals surface area (Å²) in [7, 11) is 0. The standard InChI is InChI=1S/C32H12BF24.C17H21N2/c34-25(35,36)13-1-14(26(37,38)39)6-21(5-13)33(22-7-15(27(40,41)42)2-16(8-22)28(43,44)45,23-9-17(29(46,47)48)3-18(10-23)30(49,50)51)24-11-19(31(52,53)54)4-20(12-24)32(55,56)57;1-3-7-15(8-4-1)14-19-12-11-18-13-17(19)16-9-5-2-6-10-16/h1-12H;1,3-4,7-8,11-13,16H,2,5-6,9-10,14H2/q-1;+1. The molecule has 0 aliphatic heterocycles. The third kappa shape index (κ3) is 13.6. The van der Waals surface area contributed by atoms with Crippen molar-refractivity contribution in [3.8, 4) is 0 Å². The second-order valence-electron chi connectivity index (χ2n) is 17.7. The molecule has 7 rings (SSSR count). The van der Waals surface area contributed by atoms with Gasteiger partial charge in [0, 0.05) is 11.5 Å². The van der Waals surface area contributed by atoms with Crippen LogP contribution in [0.5, 0.6) is 0 Å². The third-order valence-corrected chi connectivity index (χ3v) is 12.5. The van der Waals surface area contributed by atoms with E-state index in [0.717, 1.165) is 6.54 Å². The molecule has 0 amide bonds. The van der Waals surface area contributed by atoms with Gasteiger partial charge in [-0.05, 0) is 37.1 Å². The number of hydrogen-bond donors (Lipinski definition) is 0. The molecule has 0 N–H and O–H groups in total. The van der Waals surface area contributed by atoms with Crippen molar-refractivity contribution in [1.82, 2.24) is 4.98 Å². The Morgan fingerprint density at radius 2 is 0.658 bits per heavy atom. The predicted octanol–water partition coefficient (Wildman–Crippen LogP) is 14.7. The van der Waals surface area contributed by atoms with Gasteiger partial charge in [0.05, 0.1) is 56.9 Å². The molecule has 1 heterocycles. The van der Waals surface area contributed by atoms with Gasteiger partial charge >= 0.3 is 49.4 Å². The van der Waals surface area contributed by atoms with Crippen LogP contribution in [0.4, 0.5) is 105 Å². The third-order valence-electron chi connectivity index (χ3n) is 12.5. The second kappa shape index (κ2) is 20.8. The quantitative estimate of drug-likeness (QED) is 0.0884. The minimum atomic E-state index is -6.13. The monoisotopic (exact) mass is 1120 g/mol. The van der Waals surface area contributed by atoms with E-state index in [1.807, 2.05) is 6.20 Å². The summed E-state index contributed by atoms with van der Waals surface area (Å²) < 4.78 is 343. The van der Waals surface area contributed by atoms with Crippen molar-refractivity contribution in [3.63, 3.8) is 0 Å². The summed E-state index contributed by atoms with van der Waals surface area (Å²) in [6.07, 6.45) is -41.9. The summed E-state index contributed by atoms with van der Waals surface area (Å²) >= 11 is 0. The average Bonchev–Trinajstić information content (AvgIpc) is 3.30. The van der Waals surface area contributed by atoms with Crippen LogP contribution in [0.3, 0.4) is 0 Å². The van der Waals surface area contributed by atoms with Gasteiger partial charge in [0.2, 0.25) is 5.69 Å². The molecule has 0 bridgehead atoms. The first kappa shape index (κ1) is 58.8. The van der Waals surface area contributed by atoms with E-state index >= 15 is 0 Å². The Morgan fingerprint density at radius 3 is 0.921 bits per heavy atom. The first-order valence-corrected chi connectivity index (χ1v) is 21.9. The van der Waals surface area contributed by atoms with Crippen molar-refractivity contribution in [2.24, 2.45) is 0 Å². The SMILES string of the molecule is FC(F)(F)c1cc([B-](c2cc(C(F)(F)F)cc(C(F)(F)F)c2)(c2cc(C(F)(F)F)cc(C(F)(F)F)c2)c2cc(C(F)(F)F)cc(C(F)(F)F)c2)cc(C(F)(F)F)c1.c1ccc(C[n+]2ccncc2C2CCCCC2)cc1. The molecule has 5 aromatic carbocycles. The van der Waals surface area contributed by atoms with E-state index in [4.69, 9.17) is 0 Å². The molecule has 410 valence electrons. The molecule has 0 radical (unpaired) electrons. The fourth-order valence-corrected chi connectivity index (χ4v) is 9.13. The van der Waals surface area contributed by atoms with Gasteiger partial charge in [0.25, 0.3) is 0 Å². The number of aromatic nitrogens is 2. The lowest BCUT2D eigenvalue weighted by Gasteiger charge is -2.46. The molecular formula is C49H33BF24N2. The van der Waals surface area contributed by atoms with Crippen molar-refractivity contribution in [3.05, 3.63) is 177 Å². The lowest BCUT2D eigenvalue weighted by atomic mass is 9.12. The molecule has 2 nitrogen and oxygen atoms in total. The van der Waals surface area contributed by atoms with Gasteiger partial charge in [-0.1, -0.05) is 98.1 Å². The molecule has 6 aromatic rings. The van der Waals surface area contributed by atoms with Crippen LogP contribution in [-0.2, 0) is 56.0 Å². The van der Waals surface area contributed by atoms with E-state index in [2.05, 4.69) is 52.3 Å². The van der Waals surface area contributed by atoms with Gasteiger partial charge < -0.3 is 0 Å². The first-order chi connectivity index (χ1) is 34.7. The van der Waals surface area contributed by atoms with Gasteiger partial charge in [-0.3, -0.25) is 4.98 Å². The Morgan fingerprint density at radius 1 is 0.382 bits per heavy atom. The highest BCUT2D eigenvalue weighted by Crippen LogP contribution is 2.42. The largest absolute Gasteiger partial charge is 0.416 e. The molecule has 1 aromatic heterocycles. The minimum Gasteiger partial charge on any atom is -0.252 e. The molecule has 0 atom stereocenters. The summed E-state index contributed by atoms with van der Waals surface area (Å²) in [5.74, 6) is 0.700. The van der Waals surface area contributed by atoms with Crippen molar-refractivity contribution >= 4 is 28.0 Å². The van der Waals surface area contributed by atoms with Crippen molar-refractivity contribution in [2.75, 3.05) is 0 Å². The summed E-state index contributed by atoms with van der Waals surface area (Å²) in [5.41, 5.74) is -27.4. The zero-order valence-corrected chi connectivity index (χ0v) is 37.9. The Hall–Kier alpha value is -6.44. The zero-order valence-electron chi connectivity index (χ0n) is 37.9. The van der Waals surface area contributed by atoms with Gasteiger partial charge in [-0.15, -0.1) is 0 Å². The Labute approximate surface area is 413 Å². The van der Waals surface area contributed by atoms with Crippen LogP contribution >= 0.6 is 0 Å². The highest BCUT2D eigenvalue weighted by Gasteiger charge is 2.47. The maximum Gasteiger partial charge on any atom is 0.416 e. The van der Waals surface area contributed by atoms with Gasteiger partial charge in [-0.25, -0.2) is 0 Å². The molecule has 1 saturated carbocycles. The Kier molecular flexibility index (Phi) is 16.1. The number of alkyl halides is 24. The topological polar surface area (TPSA) is 16.8 Å². The van der Waals surface area contributed by atoms with E-state index in [0.29, 0.717) is 5.92 Å². The summed E-state index contributed by atoms with van der Waals surface area (Å²) in [6.45, 7) is 0.954. The van der Waals surface area contributed by atoms with E-state index < -0.39 is 195 Å². The van der Waals surface area contributed by atoms with E-state index in [1.165, 1.54) is 43.4 Å². The number of nitrogens with zero attached hydrogens (tertiary/aromatic N) is 2. The van der Waals surface area contributed by atoms with Crippen molar-refractivity contribution < 1.29 is 110 Å². The van der Waals surface area contributed by atoms with Gasteiger partial charge in [0.15, 0.2) is 12.7 Å². The zero-order chi connectivity index (χ0) is 56.8. The Balaban J connectivity index is 0.000000408. The molecular weight excluding hydrogens is 1080 g/mol. The number of rotatable bonds is 7. The summed E-state index contributed by atoms with van der Waals surface area (Å²) in [4.78, 5) is 4.34. The van der Waals surface area contributed by atoms with Crippen molar-refractivity contribution in [1.29, 1.82) is 0 Å². The summed E-state index contributed by atoms with van der Waals surface area (Å²) in [5, 5.41) is 0. The van der Waals surface area contributed by atoms with Crippen LogP contribution in [0.25, 0.3) is 0 Å². The predicted molar refractivity (Wildman–Crippen MR) is 226 cm³/mol. The molecule has 76 heavy (non-hydrogen) atoms. The number of hydrogen-bond acceptors (Lipinski definition) is 1. The van der Waals surface area contributed by atoms with Crippen molar-refractivity contribution in [2.45, 2.75) is 94.0 Å². The number of halogens is 24. The van der Waals surface area contributed by atoms with E-state index in [1.54, 1.807) is 0 Å². The molecule has 1 aliphatic carbocycles. The van der Waals surface area contributed by atoms with Crippen LogP contribution < -0.4 is 26.4 Å². The highest BCUT2D eigenvalue weighted by molar-refractivity contribution is 7.20. The maximum absolute atomic E-state index is 14.2. The highest BCUT2D eigenvalue weighted by atomic mass is 19.4. The lowest BCUT2D eigenvalue weighted by molar-refractivity contribution is -0.697. The lowest BCUT2D eigenvalue weighted by Crippen LogP contribution is -2.75. The molecule has 0 spiro atoms. The minimum absolute atomic E-state index is 0.691. The van der Waals surface area contributed by atoms with E-state index in [-0.39, 0.29) is 0 Å². The van der Waals surface area contributed by atoms with E-state index in [9.17, 15) is 105 Å². The molecule has 0 saturated heterocycles. The van der Waals surface area contributed by atoms with Gasteiger partial charge in [0.1, 0.15) is 6.15 Å². The van der Waals surface area contributed by atoms with Gasteiger partial charge in [-0.2, -0.15) is 132 Å². The molecule has 1 fully saturated rings. The first-order valence-electron chi connectivity index (χ1n) is 21.9. The van der Waals surface area contributed by atoms with Crippen LogP contribution in [0.15, 0.2) is 122 Å². The average molecular weight is 1120 g/mol. The van der Waals surface area contributed by atoms with Crippen LogP contribution in [0, 0.1) is 0 Å². The Bertz CT molecular complexity index is 2550. The number of benzene rings is 5. The molecule has 1 aliphatic rings. The summed E-state index contributed by atoms with van der Waals surface area (Å²) in [6, 6.07) is 1.86. The fraction of sp³-hybridized carbons (Fsp3) is 0.306. The molecule has 27 heteroatoms. The van der Waals surface area contributed by atoms with Crippen LogP contribution in [-0.4, -0.2) is 11.1 Å². The smallest absolute Gasteiger partial charge is 0.252 e. The molecule has 0 unspecified atom stereocenters. The second-order valence-corrected chi connectivity index (χ2v) is 17.7. The normalized spacial score (nSPS) is 14.8. The van der Waals surface area contributed by atoms with Crippen LogP contribution in [0.2, 0.25) is 0 Å². The maximum atomic E-state index is 14.2.